The molecule has 140 valence electrons. The molecule has 8 heteroatoms. The number of hydrazone groups is 1. The summed E-state index contributed by atoms with van der Waals surface area (Å²) in [5, 5.41) is 13.6. The van der Waals surface area contributed by atoms with Crippen molar-refractivity contribution in [3.8, 4) is 5.75 Å². The Balaban J connectivity index is 2.27. The van der Waals surface area contributed by atoms with Gasteiger partial charge in [0.05, 0.1) is 10.6 Å². The molecule has 0 unspecified atom stereocenters. The zero-order valence-corrected chi connectivity index (χ0v) is 15.9. The molecule has 0 saturated carbocycles. The number of rotatable bonds is 6. The standard InChI is InChI=1S/C18H22N2O5S/c1-5-11(2)14-6-8-15(9-7-14)26(23,24)20-19-13(4)17-16(21)10-12(3)25-18(17)22/h6-11,20-21H,5H2,1-4H3/b19-13+/t11-/m0/s1. The van der Waals surface area contributed by atoms with E-state index in [1.165, 1.54) is 32.0 Å². The van der Waals surface area contributed by atoms with Crippen molar-refractivity contribution in [3.63, 3.8) is 0 Å². The van der Waals surface area contributed by atoms with Gasteiger partial charge < -0.3 is 9.52 Å². The quantitative estimate of drug-likeness (QED) is 0.593. The van der Waals surface area contributed by atoms with Gasteiger partial charge in [0.2, 0.25) is 0 Å². The summed E-state index contributed by atoms with van der Waals surface area (Å²) in [5.41, 5.74) is 0.0654. The van der Waals surface area contributed by atoms with Crippen LogP contribution >= 0.6 is 0 Å². The number of hydrogen-bond acceptors (Lipinski definition) is 6. The van der Waals surface area contributed by atoms with Crippen LogP contribution in [0.2, 0.25) is 0 Å². The van der Waals surface area contributed by atoms with Gasteiger partial charge in [-0.05, 0) is 43.9 Å². The highest BCUT2D eigenvalue weighted by atomic mass is 32.2. The third kappa shape index (κ3) is 4.32. The molecule has 1 aromatic heterocycles. The van der Waals surface area contributed by atoms with Gasteiger partial charge in [0.15, 0.2) is 0 Å². The van der Waals surface area contributed by atoms with Gasteiger partial charge >= 0.3 is 5.63 Å². The van der Waals surface area contributed by atoms with Crippen molar-refractivity contribution in [3.05, 3.63) is 57.6 Å². The average molecular weight is 378 g/mol. The molecule has 1 atom stereocenters. The van der Waals surface area contributed by atoms with Crippen molar-refractivity contribution in [1.29, 1.82) is 0 Å². The van der Waals surface area contributed by atoms with Crippen LogP contribution < -0.4 is 10.5 Å². The van der Waals surface area contributed by atoms with E-state index in [9.17, 15) is 18.3 Å². The highest BCUT2D eigenvalue weighted by Gasteiger charge is 2.17. The van der Waals surface area contributed by atoms with Crippen molar-refractivity contribution in [2.24, 2.45) is 5.10 Å². The van der Waals surface area contributed by atoms with Crippen molar-refractivity contribution in [2.75, 3.05) is 0 Å². The SMILES string of the molecule is CC[C@H](C)c1ccc(S(=O)(=O)N/N=C(\C)c2c(O)cc(C)oc2=O)cc1. The summed E-state index contributed by atoms with van der Waals surface area (Å²) in [4.78, 5) is 14.0. The average Bonchev–Trinajstić information content (AvgIpc) is 2.58. The Morgan fingerprint density at radius 1 is 1.31 bits per heavy atom. The summed E-state index contributed by atoms with van der Waals surface area (Å²) in [5.74, 6) is 0.256. The van der Waals surface area contributed by atoms with Gasteiger partial charge in [0.25, 0.3) is 10.0 Å². The van der Waals surface area contributed by atoms with E-state index in [2.05, 4.69) is 23.8 Å². The molecule has 0 amide bonds. The maximum atomic E-state index is 12.4. The monoisotopic (exact) mass is 378 g/mol. The first-order valence-corrected chi connectivity index (χ1v) is 9.64. The lowest BCUT2D eigenvalue weighted by atomic mass is 9.99. The van der Waals surface area contributed by atoms with Crippen LogP contribution in [0.25, 0.3) is 0 Å². The molecule has 1 heterocycles. The van der Waals surface area contributed by atoms with E-state index in [1.54, 1.807) is 12.1 Å². The number of hydrogen-bond donors (Lipinski definition) is 2. The maximum Gasteiger partial charge on any atom is 0.348 e. The normalized spacial score (nSPS) is 13.5. The Hall–Kier alpha value is -2.61. The first-order chi connectivity index (χ1) is 12.2. The highest BCUT2D eigenvalue weighted by Crippen LogP contribution is 2.20. The topological polar surface area (TPSA) is 109 Å². The summed E-state index contributed by atoms with van der Waals surface area (Å²) >= 11 is 0. The summed E-state index contributed by atoms with van der Waals surface area (Å²) in [6.45, 7) is 7.04. The van der Waals surface area contributed by atoms with Crippen LogP contribution in [0.15, 0.2) is 49.5 Å². The first-order valence-electron chi connectivity index (χ1n) is 8.15. The number of aromatic hydroxyl groups is 1. The Morgan fingerprint density at radius 3 is 2.46 bits per heavy atom. The van der Waals surface area contributed by atoms with Crippen LogP contribution in [0, 0.1) is 6.92 Å². The number of aryl methyl sites for hydroxylation is 1. The number of benzene rings is 1. The molecule has 0 aliphatic heterocycles. The molecule has 26 heavy (non-hydrogen) atoms. The zero-order valence-electron chi connectivity index (χ0n) is 15.1. The van der Waals surface area contributed by atoms with Gasteiger partial charge in [-0.15, -0.1) is 0 Å². The fourth-order valence-electron chi connectivity index (χ4n) is 2.38. The minimum Gasteiger partial charge on any atom is -0.507 e. The van der Waals surface area contributed by atoms with Gasteiger partial charge in [0.1, 0.15) is 17.1 Å². The van der Waals surface area contributed by atoms with E-state index in [4.69, 9.17) is 4.42 Å². The predicted octanol–water partition coefficient (Wildman–Crippen LogP) is 2.87. The van der Waals surface area contributed by atoms with Crippen LogP contribution in [0.3, 0.4) is 0 Å². The van der Waals surface area contributed by atoms with E-state index in [0.29, 0.717) is 5.92 Å². The third-order valence-electron chi connectivity index (χ3n) is 4.12. The third-order valence-corrected chi connectivity index (χ3v) is 5.35. The van der Waals surface area contributed by atoms with E-state index < -0.39 is 15.6 Å². The molecule has 0 saturated heterocycles. The number of nitrogens with zero attached hydrogens (tertiary/aromatic N) is 1. The molecule has 1 aromatic carbocycles. The summed E-state index contributed by atoms with van der Waals surface area (Å²) in [6, 6.07) is 7.80. The molecular weight excluding hydrogens is 356 g/mol. The van der Waals surface area contributed by atoms with Crippen LogP contribution in [0.1, 0.15) is 50.0 Å². The van der Waals surface area contributed by atoms with Crippen molar-refractivity contribution >= 4 is 15.7 Å². The molecule has 0 spiro atoms. The largest absolute Gasteiger partial charge is 0.507 e. The lowest BCUT2D eigenvalue weighted by Gasteiger charge is -2.10. The molecule has 0 bridgehead atoms. The molecule has 0 aliphatic carbocycles. The van der Waals surface area contributed by atoms with Crippen LogP contribution in [0.5, 0.6) is 5.75 Å². The Morgan fingerprint density at radius 2 is 1.92 bits per heavy atom. The summed E-state index contributed by atoms with van der Waals surface area (Å²) in [6.07, 6.45) is 0.955. The van der Waals surface area contributed by atoms with Crippen molar-refractivity contribution < 1.29 is 17.9 Å². The lowest BCUT2D eigenvalue weighted by molar-refractivity contribution is 0.432. The minimum absolute atomic E-state index is 0.00366. The molecule has 2 N–H and O–H groups in total. The van der Waals surface area contributed by atoms with E-state index in [1.807, 2.05) is 0 Å². The molecule has 2 aromatic rings. The Bertz CT molecular complexity index is 976. The summed E-state index contributed by atoms with van der Waals surface area (Å²) in [7, 11) is -3.90. The fraction of sp³-hybridized carbons (Fsp3) is 0.333. The van der Waals surface area contributed by atoms with Gasteiger partial charge in [-0.25, -0.2) is 4.79 Å². The van der Waals surface area contributed by atoms with E-state index >= 15 is 0 Å². The van der Waals surface area contributed by atoms with Gasteiger partial charge in [-0.1, -0.05) is 26.0 Å². The van der Waals surface area contributed by atoms with Crippen molar-refractivity contribution in [2.45, 2.75) is 44.9 Å². The second-order valence-corrected chi connectivity index (χ2v) is 7.74. The zero-order chi connectivity index (χ0) is 19.5. The molecular formula is C18H22N2O5S. The minimum atomic E-state index is -3.90. The molecule has 0 radical (unpaired) electrons. The molecule has 7 nitrogen and oxygen atoms in total. The fourth-order valence-corrected chi connectivity index (χ4v) is 3.23. The van der Waals surface area contributed by atoms with Crippen molar-refractivity contribution in [1.82, 2.24) is 4.83 Å². The van der Waals surface area contributed by atoms with Gasteiger partial charge in [-0.3, -0.25) is 0 Å². The van der Waals surface area contributed by atoms with Crippen LogP contribution in [0.4, 0.5) is 0 Å². The van der Waals surface area contributed by atoms with Crippen LogP contribution in [-0.2, 0) is 10.0 Å². The number of nitrogens with one attached hydrogen (secondary N) is 1. The molecule has 2 rings (SSSR count). The smallest absolute Gasteiger partial charge is 0.348 e. The van der Waals surface area contributed by atoms with E-state index in [-0.39, 0.29) is 27.7 Å². The van der Waals surface area contributed by atoms with Crippen LogP contribution in [-0.4, -0.2) is 19.2 Å². The lowest BCUT2D eigenvalue weighted by Crippen LogP contribution is -2.22. The predicted molar refractivity (Wildman–Crippen MR) is 99.1 cm³/mol. The first kappa shape index (κ1) is 19.7. The molecule has 0 aliphatic rings. The highest BCUT2D eigenvalue weighted by molar-refractivity contribution is 7.89. The molecule has 0 fully saturated rings. The second-order valence-electron chi connectivity index (χ2n) is 6.08. The van der Waals surface area contributed by atoms with Gasteiger partial charge in [-0.2, -0.15) is 18.4 Å². The van der Waals surface area contributed by atoms with E-state index in [0.717, 1.165) is 12.0 Å². The number of sulfonamides is 1. The maximum absolute atomic E-state index is 12.4. The van der Waals surface area contributed by atoms with Gasteiger partial charge in [0, 0.05) is 6.07 Å². The Labute approximate surface area is 152 Å². The second kappa shape index (κ2) is 7.74. The Kier molecular flexibility index (Phi) is 5.86. The summed E-state index contributed by atoms with van der Waals surface area (Å²) < 4.78 is 29.6.